The van der Waals surface area contributed by atoms with E-state index in [9.17, 15) is 5.11 Å². The fourth-order valence-electron chi connectivity index (χ4n) is 0.876. The Morgan fingerprint density at radius 1 is 1.60 bits per heavy atom. The summed E-state index contributed by atoms with van der Waals surface area (Å²) in [7, 11) is 0. The molecule has 0 spiro atoms. The molecule has 0 aliphatic carbocycles. The van der Waals surface area contributed by atoms with Crippen LogP contribution >= 0.6 is 23.1 Å². The van der Waals surface area contributed by atoms with E-state index in [0.29, 0.717) is 12.3 Å². The maximum Gasteiger partial charge on any atom is 0.174 e. The van der Waals surface area contributed by atoms with Gasteiger partial charge in [-0.1, -0.05) is 23.1 Å². The Balaban J connectivity index is 2.16. The molecular formula is C9H17N3OS2. The molecule has 4 nitrogen and oxygen atoms in total. The Hall–Kier alpha value is -0.170. The highest BCUT2D eigenvalue weighted by molar-refractivity contribution is 8.01. The van der Waals surface area contributed by atoms with Crippen LogP contribution in [0.4, 0.5) is 0 Å². The van der Waals surface area contributed by atoms with Gasteiger partial charge in [0.05, 0.1) is 6.10 Å². The lowest BCUT2D eigenvalue weighted by atomic mass is 10.1. The van der Waals surface area contributed by atoms with E-state index in [1.165, 1.54) is 11.3 Å². The smallest absolute Gasteiger partial charge is 0.174 e. The molecule has 1 aromatic rings. The molecule has 0 aliphatic heterocycles. The summed E-state index contributed by atoms with van der Waals surface area (Å²) in [5.41, 5.74) is 1.75. The third-order valence-corrected chi connectivity index (χ3v) is 3.61. The number of thioether (sulfide) groups is 1. The van der Waals surface area contributed by atoms with E-state index in [1.54, 1.807) is 17.3 Å². The predicted molar refractivity (Wildman–Crippen MR) is 64.4 cm³/mol. The van der Waals surface area contributed by atoms with Crippen molar-refractivity contribution in [1.82, 2.24) is 15.5 Å². The highest BCUT2D eigenvalue weighted by Crippen LogP contribution is 2.19. The first-order valence-electron chi connectivity index (χ1n) is 4.79. The molecule has 0 amide bonds. The summed E-state index contributed by atoms with van der Waals surface area (Å²) in [6.07, 6.45) is -0.349. The van der Waals surface area contributed by atoms with Gasteiger partial charge in [-0.3, -0.25) is 0 Å². The van der Waals surface area contributed by atoms with Crippen molar-refractivity contribution < 1.29 is 5.11 Å². The van der Waals surface area contributed by atoms with Gasteiger partial charge in [-0.2, -0.15) is 0 Å². The van der Waals surface area contributed by atoms with Gasteiger partial charge in [0, 0.05) is 17.8 Å². The second-order valence-corrected chi connectivity index (χ2v) is 6.40. The molecule has 2 N–H and O–H groups in total. The standard InChI is InChI=1S/C9H17N3OS2/c1-9(2,3)10-4-7(13)5-14-8-12-11-6-15-8/h6-7,10,13H,4-5H2,1-3H3. The Labute approximate surface area is 98.5 Å². The van der Waals surface area contributed by atoms with Crippen LogP contribution in [0.5, 0.6) is 0 Å². The molecule has 0 saturated heterocycles. The molecule has 1 rings (SSSR count). The predicted octanol–water partition coefficient (Wildman–Crippen LogP) is 1.38. The molecular weight excluding hydrogens is 230 g/mol. The minimum atomic E-state index is -0.349. The van der Waals surface area contributed by atoms with E-state index >= 15 is 0 Å². The minimum Gasteiger partial charge on any atom is -0.391 e. The maximum absolute atomic E-state index is 9.68. The fraction of sp³-hybridized carbons (Fsp3) is 0.778. The summed E-state index contributed by atoms with van der Waals surface area (Å²) in [5.74, 6) is 0.651. The van der Waals surface area contributed by atoms with Crippen molar-refractivity contribution in [3.8, 4) is 0 Å². The van der Waals surface area contributed by atoms with E-state index in [4.69, 9.17) is 0 Å². The highest BCUT2D eigenvalue weighted by atomic mass is 32.2. The van der Waals surface area contributed by atoms with Crippen molar-refractivity contribution in [2.24, 2.45) is 0 Å². The van der Waals surface area contributed by atoms with E-state index in [-0.39, 0.29) is 11.6 Å². The van der Waals surface area contributed by atoms with Gasteiger partial charge in [0.2, 0.25) is 0 Å². The second kappa shape index (κ2) is 5.79. The molecule has 1 aromatic heterocycles. The fourth-order valence-corrected chi connectivity index (χ4v) is 2.32. The highest BCUT2D eigenvalue weighted by Gasteiger charge is 2.12. The molecule has 0 bridgehead atoms. The molecule has 1 heterocycles. The van der Waals surface area contributed by atoms with Gasteiger partial charge in [0.15, 0.2) is 4.34 Å². The summed E-state index contributed by atoms with van der Waals surface area (Å²) in [6.45, 7) is 6.85. The third-order valence-electron chi connectivity index (χ3n) is 1.61. The van der Waals surface area contributed by atoms with E-state index in [1.807, 2.05) is 0 Å². The van der Waals surface area contributed by atoms with Gasteiger partial charge in [-0.05, 0) is 20.8 Å². The Morgan fingerprint density at radius 2 is 2.33 bits per heavy atom. The van der Waals surface area contributed by atoms with Crippen LogP contribution in [0.1, 0.15) is 20.8 Å². The lowest BCUT2D eigenvalue weighted by molar-refractivity contribution is 0.183. The molecule has 1 unspecified atom stereocenters. The van der Waals surface area contributed by atoms with Crippen molar-refractivity contribution >= 4 is 23.1 Å². The molecule has 0 aliphatic rings. The summed E-state index contributed by atoms with van der Waals surface area (Å²) in [6, 6.07) is 0. The van der Waals surface area contributed by atoms with E-state index in [0.717, 1.165) is 4.34 Å². The summed E-state index contributed by atoms with van der Waals surface area (Å²) in [4.78, 5) is 0. The lowest BCUT2D eigenvalue weighted by Crippen LogP contribution is -2.41. The lowest BCUT2D eigenvalue weighted by Gasteiger charge is -2.22. The van der Waals surface area contributed by atoms with Crippen LogP contribution in [0.2, 0.25) is 0 Å². The SMILES string of the molecule is CC(C)(C)NCC(O)CSc1nncs1. The van der Waals surface area contributed by atoms with Gasteiger partial charge in [0.1, 0.15) is 5.51 Å². The average Bonchev–Trinajstić information content (AvgIpc) is 2.62. The maximum atomic E-state index is 9.68. The first-order valence-corrected chi connectivity index (χ1v) is 6.66. The quantitative estimate of drug-likeness (QED) is 0.770. The van der Waals surface area contributed by atoms with Crippen LogP contribution in [0.3, 0.4) is 0 Å². The van der Waals surface area contributed by atoms with Crippen LogP contribution in [-0.4, -0.2) is 39.2 Å². The van der Waals surface area contributed by atoms with Crippen LogP contribution in [0.25, 0.3) is 0 Å². The molecule has 15 heavy (non-hydrogen) atoms. The zero-order valence-corrected chi connectivity index (χ0v) is 10.9. The number of aliphatic hydroxyl groups excluding tert-OH is 1. The van der Waals surface area contributed by atoms with Crippen molar-refractivity contribution in [3.05, 3.63) is 5.51 Å². The number of nitrogens with one attached hydrogen (secondary N) is 1. The van der Waals surface area contributed by atoms with Gasteiger partial charge < -0.3 is 10.4 Å². The van der Waals surface area contributed by atoms with Crippen LogP contribution in [-0.2, 0) is 0 Å². The summed E-state index contributed by atoms with van der Waals surface area (Å²) >= 11 is 3.04. The molecule has 0 saturated carbocycles. The molecule has 0 fully saturated rings. The van der Waals surface area contributed by atoms with E-state index in [2.05, 4.69) is 36.3 Å². The van der Waals surface area contributed by atoms with Crippen LogP contribution < -0.4 is 5.32 Å². The van der Waals surface area contributed by atoms with Crippen molar-refractivity contribution in [3.63, 3.8) is 0 Å². The van der Waals surface area contributed by atoms with E-state index < -0.39 is 0 Å². The van der Waals surface area contributed by atoms with Gasteiger partial charge >= 0.3 is 0 Å². The topological polar surface area (TPSA) is 58.0 Å². The zero-order valence-electron chi connectivity index (χ0n) is 9.23. The number of hydrogen-bond acceptors (Lipinski definition) is 6. The molecule has 0 aromatic carbocycles. The number of nitrogens with zero attached hydrogens (tertiary/aromatic N) is 2. The molecule has 6 heteroatoms. The minimum absolute atomic E-state index is 0.0500. The summed E-state index contributed by atoms with van der Waals surface area (Å²) < 4.78 is 0.907. The average molecular weight is 247 g/mol. The number of hydrogen-bond donors (Lipinski definition) is 2. The normalized spacial score (nSPS) is 14.1. The molecule has 0 radical (unpaired) electrons. The Bertz CT molecular complexity index is 271. The number of β-amino-alcohol motifs (C(OH)–C–C–N with tert-alkyl or cyclic N) is 1. The van der Waals surface area contributed by atoms with Gasteiger partial charge in [0.25, 0.3) is 0 Å². The zero-order chi connectivity index (χ0) is 11.3. The largest absolute Gasteiger partial charge is 0.391 e. The first-order chi connectivity index (χ1) is 6.97. The van der Waals surface area contributed by atoms with Gasteiger partial charge in [-0.15, -0.1) is 10.2 Å². The molecule has 1 atom stereocenters. The van der Waals surface area contributed by atoms with Crippen molar-refractivity contribution in [2.45, 2.75) is 36.8 Å². The third kappa shape index (κ3) is 6.09. The first kappa shape index (κ1) is 12.9. The Kier molecular flexibility index (Phi) is 4.98. The number of aliphatic hydroxyl groups is 1. The monoisotopic (exact) mass is 247 g/mol. The summed E-state index contributed by atoms with van der Waals surface area (Å²) in [5, 5.41) is 20.6. The van der Waals surface area contributed by atoms with Crippen molar-refractivity contribution in [1.29, 1.82) is 0 Å². The molecule has 86 valence electrons. The van der Waals surface area contributed by atoms with Crippen LogP contribution in [0.15, 0.2) is 9.85 Å². The Morgan fingerprint density at radius 3 is 2.87 bits per heavy atom. The van der Waals surface area contributed by atoms with Crippen LogP contribution in [0, 0.1) is 0 Å². The van der Waals surface area contributed by atoms with Gasteiger partial charge in [-0.25, -0.2) is 0 Å². The second-order valence-electron chi connectivity index (χ2n) is 4.30. The van der Waals surface area contributed by atoms with Crippen molar-refractivity contribution in [2.75, 3.05) is 12.3 Å². The number of rotatable bonds is 5. The number of aromatic nitrogens is 2.